The van der Waals surface area contributed by atoms with Gasteiger partial charge in [-0.2, -0.15) is 0 Å². The van der Waals surface area contributed by atoms with E-state index >= 15 is 0 Å². The second-order valence-electron chi connectivity index (χ2n) is 6.08. The molecule has 0 fully saturated rings. The Bertz CT molecular complexity index is 911. The van der Waals surface area contributed by atoms with Crippen molar-refractivity contribution in [3.63, 3.8) is 0 Å². The molecule has 0 saturated heterocycles. The van der Waals surface area contributed by atoms with Crippen molar-refractivity contribution in [1.82, 2.24) is 8.61 Å². The maximum absolute atomic E-state index is 13.1. The Balaban J connectivity index is 2.40. The molecule has 2 aromatic carbocycles. The highest BCUT2D eigenvalue weighted by atomic mass is 32.3. The third-order valence-corrected chi connectivity index (χ3v) is 8.66. The van der Waals surface area contributed by atoms with Gasteiger partial charge in [0.05, 0.1) is 10.6 Å². The number of hydrogen-bond acceptors (Lipinski definition) is 5. The second-order valence-corrected chi connectivity index (χ2v) is 10.1. The molecule has 2 rings (SSSR count). The van der Waals surface area contributed by atoms with E-state index in [1.807, 2.05) is 18.7 Å². The van der Waals surface area contributed by atoms with Crippen molar-refractivity contribution in [3.05, 3.63) is 66.2 Å². The minimum absolute atomic E-state index is 0.0267. The van der Waals surface area contributed by atoms with E-state index < -0.39 is 20.0 Å². The summed E-state index contributed by atoms with van der Waals surface area (Å²) in [4.78, 5) is 1.96. The first-order valence-corrected chi connectivity index (χ1v) is 11.9. The Morgan fingerprint density at radius 3 is 1.78 bits per heavy atom. The Morgan fingerprint density at radius 1 is 0.741 bits per heavy atom. The molecule has 0 aliphatic carbocycles. The lowest BCUT2D eigenvalue weighted by atomic mass is 10.2. The summed E-state index contributed by atoms with van der Waals surface area (Å²) < 4.78 is 52.9. The van der Waals surface area contributed by atoms with E-state index in [0.29, 0.717) is 28.9 Å². The first-order valence-electron chi connectivity index (χ1n) is 8.88. The molecule has 6 nitrogen and oxygen atoms in total. The standard InChI is InChI=1S/C19H26N2O4S2/c1-3-20(4-2)15-16-21(27(24,25)19-13-9-6-10-14-19)26(22,23)17-18-11-7-5-8-12-18/h5-14H,3-4,15-17H2,1-2H3. The second kappa shape index (κ2) is 9.45. The van der Waals surface area contributed by atoms with Gasteiger partial charge >= 0.3 is 0 Å². The van der Waals surface area contributed by atoms with Gasteiger partial charge in [0.15, 0.2) is 0 Å². The molecule has 0 unspecified atom stereocenters. The van der Waals surface area contributed by atoms with Crippen molar-refractivity contribution < 1.29 is 16.8 Å². The summed E-state index contributed by atoms with van der Waals surface area (Å²) in [7, 11) is -8.25. The lowest BCUT2D eigenvalue weighted by Gasteiger charge is -2.25. The molecule has 148 valence electrons. The van der Waals surface area contributed by atoms with Crippen LogP contribution in [0.15, 0.2) is 65.6 Å². The summed E-state index contributed by atoms with van der Waals surface area (Å²) in [6, 6.07) is 16.3. The number of likely N-dealkylation sites (N-methyl/N-ethyl adjacent to an activating group) is 1. The van der Waals surface area contributed by atoms with Gasteiger partial charge in [0.2, 0.25) is 10.0 Å². The van der Waals surface area contributed by atoms with Crippen LogP contribution in [0.4, 0.5) is 0 Å². The van der Waals surface area contributed by atoms with E-state index in [0.717, 1.165) is 0 Å². The van der Waals surface area contributed by atoms with Gasteiger partial charge in [0.1, 0.15) is 0 Å². The first-order chi connectivity index (χ1) is 12.8. The molecule has 0 aliphatic heterocycles. The van der Waals surface area contributed by atoms with Crippen molar-refractivity contribution >= 4 is 20.0 Å². The van der Waals surface area contributed by atoms with E-state index in [2.05, 4.69) is 0 Å². The highest BCUT2D eigenvalue weighted by Gasteiger charge is 2.35. The van der Waals surface area contributed by atoms with Crippen LogP contribution < -0.4 is 0 Å². The average Bonchev–Trinajstić information content (AvgIpc) is 2.66. The van der Waals surface area contributed by atoms with E-state index in [4.69, 9.17) is 0 Å². The minimum Gasteiger partial charge on any atom is -0.303 e. The van der Waals surface area contributed by atoms with Crippen LogP contribution in [0.2, 0.25) is 0 Å². The fourth-order valence-electron chi connectivity index (χ4n) is 2.74. The molecule has 2 aromatic rings. The van der Waals surface area contributed by atoms with Crippen LogP contribution in [-0.2, 0) is 25.8 Å². The van der Waals surface area contributed by atoms with Crippen LogP contribution in [0, 0.1) is 0 Å². The van der Waals surface area contributed by atoms with E-state index in [9.17, 15) is 16.8 Å². The monoisotopic (exact) mass is 410 g/mol. The number of nitrogens with zero attached hydrogens (tertiary/aromatic N) is 2. The van der Waals surface area contributed by atoms with Crippen molar-refractivity contribution in [2.45, 2.75) is 24.5 Å². The molecule has 0 radical (unpaired) electrons. The molecule has 27 heavy (non-hydrogen) atoms. The summed E-state index contributed by atoms with van der Waals surface area (Å²) in [6.07, 6.45) is 0. The predicted octanol–water partition coefficient (Wildman–Crippen LogP) is 2.55. The van der Waals surface area contributed by atoms with E-state index in [1.165, 1.54) is 12.1 Å². The quantitative estimate of drug-likeness (QED) is 0.602. The number of sulfonamides is 2. The largest absolute Gasteiger partial charge is 0.303 e. The molecule has 0 heterocycles. The lowest BCUT2D eigenvalue weighted by molar-refractivity contribution is 0.293. The third-order valence-electron chi connectivity index (χ3n) is 4.30. The Labute approximate surface area is 162 Å². The van der Waals surface area contributed by atoms with Crippen LogP contribution in [-0.4, -0.2) is 51.6 Å². The van der Waals surface area contributed by atoms with Gasteiger partial charge in [0, 0.05) is 13.1 Å². The predicted molar refractivity (Wildman–Crippen MR) is 107 cm³/mol. The number of rotatable bonds is 10. The maximum atomic E-state index is 13.1. The van der Waals surface area contributed by atoms with E-state index in [-0.39, 0.29) is 17.2 Å². The summed E-state index contributed by atoms with van der Waals surface area (Å²) in [6.45, 7) is 5.57. The molecule has 0 bridgehead atoms. The zero-order valence-corrected chi connectivity index (χ0v) is 17.3. The molecule has 0 spiro atoms. The molecule has 0 saturated carbocycles. The molecule has 0 aliphatic rings. The van der Waals surface area contributed by atoms with Gasteiger partial charge in [-0.3, -0.25) is 0 Å². The fraction of sp³-hybridized carbons (Fsp3) is 0.368. The smallest absolute Gasteiger partial charge is 0.256 e. The summed E-state index contributed by atoms with van der Waals surface area (Å²) in [5.41, 5.74) is 0.550. The minimum atomic E-state index is -4.17. The van der Waals surface area contributed by atoms with Gasteiger partial charge in [0.25, 0.3) is 10.0 Å². The van der Waals surface area contributed by atoms with Crippen LogP contribution in [0.3, 0.4) is 0 Å². The van der Waals surface area contributed by atoms with Crippen LogP contribution in [0.5, 0.6) is 0 Å². The van der Waals surface area contributed by atoms with Gasteiger partial charge in [-0.1, -0.05) is 66.1 Å². The molecule has 8 heteroatoms. The summed E-state index contributed by atoms with van der Waals surface area (Å²) in [5.74, 6) is -0.363. The molecular formula is C19H26N2O4S2. The van der Waals surface area contributed by atoms with Gasteiger partial charge < -0.3 is 4.90 Å². The maximum Gasteiger partial charge on any atom is 0.256 e. The number of benzene rings is 2. The highest BCUT2D eigenvalue weighted by Crippen LogP contribution is 2.21. The normalized spacial score (nSPS) is 12.6. The van der Waals surface area contributed by atoms with Crippen LogP contribution >= 0.6 is 0 Å². The molecule has 0 amide bonds. The molecular weight excluding hydrogens is 384 g/mol. The fourth-order valence-corrected chi connectivity index (χ4v) is 6.53. The molecule has 0 N–H and O–H groups in total. The zero-order chi connectivity index (χ0) is 19.9. The first kappa shape index (κ1) is 21.6. The Hall–Kier alpha value is -1.74. The summed E-state index contributed by atoms with van der Waals surface area (Å²) >= 11 is 0. The van der Waals surface area contributed by atoms with Crippen LogP contribution in [0.25, 0.3) is 0 Å². The summed E-state index contributed by atoms with van der Waals surface area (Å²) in [5, 5.41) is 0. The Kier molecular flexibility index (Phi) is 7.55. The van der Waals surface area contributed by atoms with Crippen molar-refractivity contribution in [1.29, 1.82) is 0 Å². The van der Waals surface area contributed by atoms with Crippen molar-refractivity contribution in [3.8, 4) is 0 Å². The third kappa shape index (κ3) is 5.62. The SMILES string of the molecule is CCN(CC)CCN(S(=O)(=O)Cc1ccccc1)S(=O)(=O)c1ccccc1. The zero-order valence-electron chi connectivity index (χ0n) is 15.7. The lowest BCUT2D eigenvalue weighted by Crippen LogP contribution is -2.42. The highest BCUT2D eigenvalue weighted by molar-refractivity contribution is 8.03. The van der Waals surface area contributed by atoms with E-state index in [1.54, 1.807) is 48.5 Å². The number of hydrogen-bond donors (Lipinski definition) is 0. The van der Waals surface area contributed by atoms with Gasteiger partial charge in [-0.25, -0.2) is 16.8 Å². The Morgan fingerprint density at radius 2 is 1.26 bits per heavy atom. The van der Waals surface area contributed by atoms with Gasteiger partial charge in [-0.05, 0) is 30.8 Å². The topological polar surface area (TPSA) is 74.8 Å². The van der Waals surface area contributed by atoms with Gasteiger partial charge in [-0.15, -0.1) is 0 Å². The van der Waals surface area contributed by atoms with Crippen LogP contribution in [0.1, 0.15) is 19.4 Å². The molecule has 0 atom stereocenters. The van der Waals surface area contributed by atoms with Crippen molar-refractivity contribution in [2.75, 3.05) is 26.2 Å². The van der Waals surface area contributed by atoms with Crippen molar-refractivity contribution in [2.24, 2.45) is 0 Å². The average molecular weight is 411 g/mol. The molecule has 0 aromatic heterocycles.